The number of ether oxygens (including phenoxy) is 1. The Bertz CT molecular complexity index is 373. The van der Waals surface area contributed by atoms with Gasteiger partial charge in [0.25, 0.3) is 0 Å². The van der Waals surface area contributed by atoms with Crippen molar-refractivity contribution >= 4 is 36.4 Å². The first-order valence-electron chi connectivity index (χ1n) is 5.31. The number of esters is 1. The second-order valence-electron chi connectivity index (χ2n) is 3.73. The first-order valence-corrected chi connectivity index (χ1v) is 5.94. The lowest BCUT2D eigenvalue weighted by Crippen LogP contribution is -2.46. The normalized spacial score (nSPS) is 13.2. The Hall–Kier alpha value is -1.77. The SMILES string of the molecule is COC(=O)CC(CS)C(=O)N[C@@H](CC(N)=O)C(=O)O. The lowest BCUT2D eigenvalue weighted by molar-refractivity contribution is -0.145. The highest BCUT2D eigenvalue weighted by Gasteiger charge is 2.27. The van der Waals surface area contributed by atoms with E-state index in [9.17, 15) is 19.2 Å². The van der Waals surface area contributed by atoms with E-state index in [0.29, 0.717) is 0 Å². The summed E-state index contributed by atoms with van der Waals surface area (Å²) in [5.41, 5.74) is 4.87. The smallest absolute Gasteiger partial charge is 0.326 e. The van der Waals surface area contributed by atoms with Crippen LogP contribution in [0.2, 0.25) is 0 Å². The topological polar surface area (TPSA) is 136 Å². The third-order valence-corrected chi connectivity index (χ3v) is 2.69. The van der Waals surface area contributed by atoms with Crippen LogP contribution in [0.4, 0.5) is 0 Å². The van der Waals surface area contributed by atoms with E-state index in [1.807, 2.05) is 0 Å². The predicted molar refractivity (Wildman–Crippen MR) is 67.4 cm³/mol. The van der Waals surface area contributed by atoms with Crippen LogP contribution in [0.5, 0.6) is 0 Å². The molecule has 9 heteroatoms. The van der Waals surface area contributed by atoms with Gasteiger partial charge < -0.3 is 20.9 Å². The van der Waals surface area contributed by atoms with Gasteiger partial charge in [-0.3, -0.25) is 14.4 Å². The van der Waals surface area contributed by atoms with Crippen LogP contribution in [0.15, 0.2) is 0 Å². The number of carboxylic acid groups (broad SMARTS) is 1. The van der Waals surface area contributed by atoms with Crippen LogP contribution in [-0.4, -0.2) is 47.8 Å². The number of nitrogens with one attached hydrogen (secondary N) is 1. The average molecular weight is 292 g/mol. The molecule has 0 saturated heterocycles. The molecule has 4 N–H and O–H groups in total. The van der Waals surface area contributed by atoms with Gasteiger partial charge in [-0.05, 0) is 0 Å². The van der Waals surface area contributed by atoms with Crippen molar-refractivity contribution < 1.29 is 29.0 Å². The number of nitrogens with two attached hydrogens (primary N) is 1. The molecule has 2 amide bonds. The summed E-state index contributed by atoms with van der Waals surface area (Å²) in [6.45, 7) is 0. The Balaban J connectivity index is 4.63. The molecule has 0 rings (SSSR count). The summed E-state index contributed by atoms with van der Waals surface area (Å²) in [6.07, 6.45) is -0.757. The third kappa shape index (κ3) is 6.65. The number of aliphatic carboxylic acids is 1. The summed E-state index contributed by atoms with van der Waals surface area (Å²) < 4.78 is 4.41. The summed E-state index contributed by atoms with van der Waals surface area (Å²) in [4.78, 5) is 44.3. The van der Waals surface area contributed by atoms with Crippen LogP contribution in [0, 0.1) is 5.92 Å². The Morgan fingerprint density at radius 2 is 1.89 bits per heavy atom. The molecule has 0 aliphatic carbocycles. The molecule has 108 valence electrons. The molecule has 0 heterocycles. The fourth-order valence-electron chi connectivity index (χ4n) is 1.22. The van der Waals surface area contributed by atoms with Crippen LogP contribution in [-0.2, 0) is 23.9 Å². The number of primary amides is 1. The standard InChI is InChI=1S/C10H16N2O6S/c1-18-8(14)2-5(4-19)9(15)12-6(10(16)17)3-7(11)13/h5-6,19H,2-4H2,1H3,(H2,11,13)(H,12,15)(H,16,17)/t5?,6-/m0/s1. The summed E-state index contributed by atoms with van der Waals surface area (Å²) in [5, 5.41) is 11.0. The molecular formula is C10H16N2O6S. The Labute approximate surface area is 115 Å². The molecule has 0 saturated carbocycles. The van der Waals surface area contributed by atoms with Crippen molar-refractivity contribution in [3.8, 4) is 0 Å². The molecule has 8 nitrogen and oxygen atoms in total. The van der Waals surface area contributed by atoms with Crippen molar-refractivity contribution in [2.75, 3.05) is 12.9 Å². The zero-order valence-corrected chi connectivity index (χ0v) is 11.2. The van der Waals surface area contributed by atoms with Gasteiger partial charge in [0.05, 0.1) is 25.9 Å². The van der Waals surface area contributed by atoms with Crippen LogP contribution in [0.25, 0.3) is 0 Å². The molecule has 19 heavy (non-hydrogen) atoms. The molecule has 2 atom stereocenters. The van der Waals surface area contributed by atoms with Crippen LogP contribution in [0.1, 0.15) is 12.8 Å². The van der Waals surface area contributed by atoms with Gasteiger partial charge in [-0.1, -0.05) is 0 Å². The third-order valence-electron chi connectivity index (χ3n) is 2.25. The second-order valence-corrected chi connectivity index (χ2v) is 4.09. The number of carboxylic acids is 1. The number of rotatable bonds is 8. The number of thiol groups is 1. The first kappa shape index (κ1) is 17.2. The molecular weight excluding hydrogens is 276 g/mol. The Morgan fingerprint density at radius 1 is 1.32 bits per heavy atom. The van der Waals surface area contributed by atoms with Gasteiger partial charge >= 0.3 is 11.9 Å². The van der Waals surface area contributed by atoms with Crippen LogP contribution < -0.4 is 11.1 Å². The largest absolute Gasteiger partial charge is 0.480 e. The van der Waals surface area contributed by atoms with Crippen LogP contribution >= 0.6 is 12.6 Å². The van der Waals surface area contributed by atoms with E-state index < -0.39 is 42.1 Å². The van der Waals surface area contributed by atoms with Gasteiger partial charge in [0.2, 0.25) is 11.8 Å². The molecule has 0 aliphatic rings. The predicted octanol–water partition coefficient (Wildman–Crippen LogP) is -1.46. The molecule has 0 aromatic heterocycles. The zero-order valence-electron chi connectivity index (χ0n) is 10.3. The number of hydrogen-bond acceptors (Lipinski definition) is 6. The number of amides is 2. The quantitative estimate of drug-likeness (QED) is 0.319. The molecule has 0 aromatic carbocycles. The van der Waals surface area contributed by atoms with E-state index in [1.165, 1.54) is 7.11 Å². The van der Waals surface area contributed by atoms with Gasteiger partial charge in [0, 0.05) is 5.75 Å². The van der Waals surface area contributed by atoms with Crippen LogP contribution in [0.3, 0.4) is 0 Å². The van der Waals surface area contributed by atoms with Crippen molar-refractivity contribution in [2.24, 2.45) is 11.7 Å². The fourth-order valence-corrected chi connectivity index (χ4v) is 1.51. The molecule has 0 bridgehead atoms. The second kappa shape index (κ2) is 8.35. The maximum absolute atomic E-state index is 11.7. The van der Waals surface area contributed by atoms with Crippen molar-refractivity contribution in [2.45, 2.75) is 18.9 Å². The van der Waals surface area contributed by atoms with Gasteiger partial charge in [0.1, 0.15) is 6.04 Å². The lowest BCUT2D eigenvalue weighted by atomic mass is 10.1. The average Bonchev–Trinajstić information content (AvgIpc) is 2.33. The van der Waals surface area contributed by atoms with Crippen molar-refractivity contribution in [1.29, 1.82) is 0 Å². The van der Waals surface area contributed by atoms with Gasteiger partial charge in [-0.15, -0.1) is 0 Å². The zero-order chi connectivity index (χ0) is 15.0. The lowest BCUT2D eigenvalue weighted by Gasteiger charge is -2.17. The number of carbonyl (C=O) groups is 4. The van der Waals surface area contributed by atoms with Gasteiger partial charge in [-0.25, -0.2) is 4.79 Å². The highest BCUT2D eigenvalue weighted by atomic mass is 32.1. The Kier molecular flexibility index (Phi) is 7.57. The highest BCUT2D eigenvalue weighted by Crippen LogP contribution is 2.08. The monoisotopic (exact) mass is 292 g/mol. The number of methoxy groups -OCH3 is 1. The van der Waals surface area contributed by atoms with E-state index in [0.717, 1.165) is 0 Å². The minimum atomic E-state index is -1.43. The van der Waals surface area contributed by atoms with E-state index >= 15 is 0 Å². The summed E-state index contributed by atoms with van der Waals surface area (Å²) in [7, 11) is 1.17. The molecule has 0 aliphatic heterocycles. The molecule has 0 radical (unpaired) electrons. The minimum Gasteiger partial charge on any atom is -0.480 e. The minimum absolute atomic E-state index is 0.0316. The molecule has 0 aromatic rings. The maximum Gasteiger partial charge on any atom is 0.326 e. The van der Waals surface area contributed by atoms with Crippen molar-refractivity contribution in [1.82, 2.24) is 5.32 Å². The van der Waals surface area contributed by atoms with Gasteiger partial charge in [0.15, 0.2) is 0 Å². The van der Waals surface area contributed by atoms with Crippen molar-refractivity contribution in [3.63, 3.8) is 0 Å². The molecule has 0 fully saturated rings. The fraction of sp³-hybridized carbons (Fsp3) is 0.600. The van der Waals surface area contributed by atoms with E-state index in [1.54, 1.807) is 0 Å². The van der Waals surface area contributed by atoms with Crippen molar-refractivity contribution in [3.05, 3.63) is 0 Å². The van der Waals surface area contributed by atoms with E-state index in [2.05, 4.69) is 22.7 Å². The maximum atomic E-state index is 11.7. The van der Waals surface area contributed by atoms with E-state index in [4.69, 9.17) is 10.8 Å². The first-order chi connectivity index (χ1) is 8.81. The summed E-state index contributed by atoms with van der Waals surface area (Å²) >= 11 is 3.90. The number of hydrogen-bond donors (Lipinski definition) is 4. The molecule has 0 spiro atoms. The summed E-state index contributed by atoms with van der Waals surface area (Å²) in [5.74, 6) is -4.37. The molecule has 1 unspecified atom stereocenters. The highest BCUT2D eigenvalue weighted by molar-refractivity contribution is 7.80. The van der Waals surface area contributed by atoms with Gasteiger partial charge in [-0.2, -0.15) is 12.6 Å². The summed E-state index contributed by atoms with van der Waals surface area (Å²) in [6, 6.07) is -1.43. The number of carbonyl (C=O) groups excluding carboxylic acids is 3. The van der Waals surface area contributed by atoms with E-state index in [-0.39, 0.29) is 12.2 Å². The Morgan fingerprint density at radius 3 is 2.26 bits per heavy atom.